The van der Waals surface area contributed by atoms with Gasteiger partial charge in [0.15, 0.2) is 5.17 Å². The third-order valence-corrected chi connectivity index (χ3v) is 6.29. The maximum Gasteiger partial charge on any atom is 0.154 e. The van der Waals surface area contributed by atoms with Crippen LogP contribution in [0.5, 0.6) is 0 Å². The van der Waals surface area contributed by atoms with Gasteiger partial charge in [0.05, 0.1) is 23.4 Å². The largest absolute Gasteiger partial charge is 0.379 e. The minimum absolute atomic E-state index is 0. The Morgan fingerprint density at radius 1 is 1.30 bits per heavy atom. The van der Waals surface area contributed by atoms with Gasteiger partial charge < -0.3 is 10.5 Å². The molecule has 23 heavy (non-hydrogen) atoms. The van der Waals surface area contributed by atoms with Crippen LogP contribution in [-0.4, -0.2) is 29.4 Å². The molecule has 4 nitrogen and oxygen atoms in total. The van der Waals surface area contributed by atoms with Crippen LogP contribution in [0.4, 0.5) is 0 Å². The molecule has 1 saturated carbocycles. The normalized spacial score (nSPS) is 23.0. The molecule has 130 valence electrons. The van der Waals surface area contributed by atoms with Crippen LogP contribution in [-0.2, 0) is 10.5 Å². The lowest BCUT2D eigenvalue weighted by Crippen LogP contribution is -2.14. The first kappa shape index (κ1) is 19.0. The van der Waals surface area contributed by atoms with E-state index in [0.717, 1.165) is 30.9 Å². The van der Waals surface area contributed by atoms with Crippen molar-refractivity contribution in [2.75, 3.05) is 13.2 Å². The van der Waals surface area contributed by atoms with Crippen molar-refractivity contribution in [3.63, 3.8) is 0 Å². The third kappa shape index (κ3) is 5.93. The number of halogens is 1. The number of thiazole rings is 1. The lowest BCUT2D eigenvalue weighted by molar-refractivity contribution is 0.118. The maximum absolute atomic E-state index is 5.98. The molecule has 0 radical (unpaired) electrons. The molecule has 0 bridgehead atoms. The molecular formula is C16H26ClN3OS2. The summed E-state index contributed by atoms with van der Waals surface area (Å²) in [7, 11) is 0. The van der Waals surface area contributed by atoms with Crippen LogP contribution in [0.3, 0.4) is 0 Å². The second-order valence-corrected chi connectivity index (χ2v) is 8.00. The highest BCUT2D eigenvalue weighted by Crippen LogP contribution is 2.34. The van der Waals surface area contributed by atoms with Crippen LogP contribution >= 0.6 is 35.5 Å². The van der Waals surface area contributed by atoms with E-state index in [0.29, 0.717) is 17.6 Å². The average molecular weight is 376 g/mol. The summed E-state index contributed by atoms with van der Waals surface area (Å²) in [6.07, 6.45) is 9.26. The lowest BCUT2D eigenvalue weighted by atomic mass is 9.90. The van der Waals surface area contributed by atoms with Gasteiger partial charge >= 0.3 is 0 Å². The molecule has 1 unspecified atom stereocenters. The van der Waals surface area contributed by atoms with Crippen molar-refractivity contribution in [2.45, 2.75) is 62.7 Å². The van der Waals surface area contributed by atoms with Gasteiger partial charge in [-0.2, -0.15) is 0 Å². The van der Waals surface area contributed by atoms with Crippen molar-refractivity contribution < 1.29 is 4.74 Å². The number of aromatic nitrogens is 1. The minimum Gasteiger partial charge on any atom is -0.379 e. The van der Waals surface area contributed by atoms with E-state index in [4.69, 9.17) is 15.5 Å². The van der Waals surface area contributed by atoms with Crippen LogP contribution in [0.1, 0.15) is 61.6 Å². The molecule has 0 aromatic carbocycles. The number of hydrogen-bond donors (Lipinski definition) is 1. The zero-order valence-corrected chi connectivity index (χ0v) is 15.9. The van der Waals surface area contributed by atoms with Crippen LogP contribution < -0.4 is 5.73 Å². The van der Waals surface area contributed by atoms with E-state index < -0.39 is 0 Å². The molecule has 2 aliphatic rings. The number of nitrogens with two attached hydrogens (primary N) is 1. The summed E-state index contributed by atoms with van der Waals surface area (Å²) in [5, 5.41) is 4.16. The zero-order valence-electron chi connectivity index (χ0n) is 13.4. The van der Waals surface area contributed by atoms with Crippen molar-refractivity contribution in [2.24, 2.45) is 10.7 Å². The topological polar surface area (TPSA) is 60.5 Å². The van der Waals surface area contributed by atoms with Crippen molar-refractivity contribution in [3.05, 3.63) is 16.1 Å². The Morgan fingerprint density at radius 3 is 2.87 bits per heavy atom. The van der Waals surface area contributed by atoms with E-state index in [2.05, 4.69) is 10.4 Å². The second-order valence-electron chi connectivity index (χ2n) is 6.11. The molecule has 0 amide bonds. The van der Waals surface area contributed by atoms with Crippen molar-refractivity contribution in [1.29, 1.82) is 0 Å². The highest BCUT2D eigenvalue weighted by atomic mass is 35.5. The molecule has 7 heteroatoms. The Hall–Kier alpha value is -0.300. The van der Waals surface area contributed by atoms with Crippen molar-refractivity contribution >= 4 is 40.7 Å². The molecule has 1 aromatic rings. The van der Waals surface area contributed by atoms with Gasteiger partial charge in [0.1, 0.15) is 0 Å². The third-order valence-electron chi connectivity index (χ3n) is 4.37. The molecule has 2 heterocycles. The fourth-order valence-electron chi connectivity index (χ4n) is 3.10. The van der Waals surface area contributed by atoms with Gasteiger partial charge in [-0.1, -0.05) is 31.0 Å². The first-order valence-corrected chi connectivity index (χ1v) is 10.2. The van der Waals surface area contributed by atoms with Crippen LogP contribution in [0.2, 0.25) is 0 Å². The first-order chi connectivity index (χ1) is 10.8. The second kappa shape index (κ2) is 9.87. The van der Waals surface area contributed by atoms with Crippen LogP contribution in [0.25, 0.3) is 0 Å². The number of nitrogens with zero attached hydrogens (tertiary/aromatic N) is 2. The number of rotatable bonds is 5. The standard InChI is InChI=1S/C16H25N3OS2.ClH/c17-16(18-9-14-7-4-8-20-14)22-11-13-10-21-15(19-13)12-5-2-1-3-6-12;/h10,12,14H,1-9,11H2,(H2,17,18);1H. The SMILES string of the molecule is Cl.NC(=NCC1CCCO1)SCc1csc(C2CCCCC2)n1. The summed E-state index contributed by atoms with van der Waals surface area (Å²) >= 11 is 3.41. The van der Waals surface area contributed by atoms with Gasteiger partial charge in [-0.05, 0) is 25.7 Å². The molecular weight excluding hydrogens is 350 g/mol. The number of ether oxygens (including phenoxy) is 1. The van der Waals surface area contributed by atoms with Crippen LogP contribution in [0, 0.1) is 0 Å². The molecule has 3 rings (SSSR count). The Morgan fingerprint density at radius 2 is 2.13 bits per heavy atom. The smallest absolute Gasteiger partial charge is 0.154 e. The predicted octanol–water partition coefficient (Wildman–Crippen LogP) is 4.34. The fraction of sp³-hybridized carbons (Fsp3) is 0.750. The lowest BCUT2D eigenvalue weighted by Gasteiger charge is -2.18. The highest BCUT2D eigenvalue weighted by Gasteiger charge is 2.19. The quantitative estimate of drug-likeness (QED) is 0.614. The van der Waals surface area contributed by atoms with Crippen molar-refractivity contribution in [3.8, 4) is 0 Å². The van der Waals surface area contributed by atoms with E-state index in [-0.39, 0.29) is 18.5 Å². The van der Waals surface area contributed by atoms with Gasteiger partial charge in [0.2, 0.25) is 0 Å². The number of amidine groups is 1. The van der Waals surface area contributed by atoms with E-state index in [1.54, 1.807) is 11.8 Å². The Bertz CT molecular complexity index is 497. The number of hydrogen-bond acceptors (Lipinski definition) is 5. The number of thioether (sulfide) groups is 1. The number of aliphatic imine (C=N–C) groups is 1. The highest BCUT2D eigenvalue weighted by molar-refractivity contribution is 8.13. The molecule has 0 spiro atoms. The van der Waals surface area contributed by atoms with E-state index in [9.17, 15) is 0 Å². The molecule has 1 aliphatic carbocycles. The maximum atomic E-state index is 5.98. The average Bonchev–Trinajstić information content (AvgIpc) is 3.23. The summed E-state index contributed by atoms with van der Waals surface area (Å²) in [6.45, 7) is 1.57. The van der Waals surface area contributed by atoms with Crippen LogP contribution in [0.15, 0.2) is 10.4 Å². The van der Waals surface area contributed by atoms with Gasteiger partial charge in [0, 0.05) is 23.7 Å². The molecule has 2 N–H and O–H groups in total. The summed E-state index contributed by atoms with van der Waals surface area (Å²) in [5.74, 6) is 1.52. The summed E-state index contributed by atoms with van der Waals surface area (Å²) in [4.78, 5) is 9.23. The molecule has 1 aromatic heterocycles. The minimum atomic E-state index is 0. The Balaban J connectivity index is 0.00000192. The van der Waals surface area contributed by atoms with E-state index in [1.807, 2.05) is 11.3 Å². The zero-order chi connectivity index (χ0) is 15.2. The summed E-state index contributed by atoms with van der Waals surface area (Å²) in [5.41, 5.74) is 7.13. The van der Waals surface area contributed by atoms with E-state index >= 15 is 0 Å². The fourth-order valence-corrected chi connectivity index (χ4v) is 4.81. The van der Waals surface area contributed by atoms with Gasteiger partial charge in [-0.25, -0.2) is 4.98 Å². The Kier molecular flexibility index (Phi) is 8.16. The van der Waals surface area contributed by atoms with E-state index in [1.165, 1.54) is 37.1 Å². The van der Waals surface area contributed by atoms with Crippen molar-refractivity contribution in [1.82, 2.24) is 4.98 Å². The monoisotopic (exact) mass is 375 g/mol. The predicted molar refractivity (Wildman–Crippen MR) is 102 cm³/mol. The first-order valence-electron chi connectivity index (χ1n) is 8.30. The Labute approximate surface area is 153 Å². The molecule has 1 atom stereocenters. The molecule has 1 aliphatic heterocycles. The van der Waals surface area contributed by atoms with Gasteiger partial charge in [0.25, 0.3) is 0 Å². The van der Waals surface area contributed by atoms with Gasteiger partial charge in [-0.3, -0.25) is 4.99 Å². The summed E-state index contributed by atoms with van der Waals surface area (Å²) in [6, 6.07) is 0. The molecule has 1 saturated heterocycles. The summed E-state index contributed by atoms with van der Waals surface area (Å²) < 4.78 is 5.55. The molecule has 2 fully saturated rings. The van der Waals surface area contributed by atoms with Gasteiger partial charge in [-0.15, -0.1) is 23.7 Å².